The van der Waals surface area contributed by atoms with Crippen LogP contribution in [0.1, 0.15) is 80.1 Å². The van der Waals surface area contributed by atoms with Crippen LogP contribution in [-0.2, 0) is 38.2 Å². The molecule has 0 unspecified atom stereocenters. The number of rotatable bonds is 7. The van der Waals surface area contributed by atoms with Crippen molar-refractivity contribution in [3.63, 3.8) is 0 Å². The molecule has 3 fully saturated rings. The second-order valence-corrected chi connectivity index (χ2v) is 12.0. The Balaban J connectivity index is 1.87. The van der Waals surface area contributed by atoms with Gasteiger partial charge in [-0.1, -0.05) is 39.3 Å². The summed E-state index contributed by atoms with van der Waals surface area (Å²) in [4.78, 5) is 63.3. The van der Waals surface area contributed by atoms with Crippen LogP contribution in [0.25, 0.3) is 0 Å². The van der Waals surface area contributed by atoms with Gasteiger partial charge in [0, 0.05) is 42.4 Å². The molecule has 0 aromatic heterocycles. The molecule has 214 valence electrons. The molecular weight excluding hydrogens is 507 g/mol. The third kappa shape index (κ3) is 4.10. The Kier molecular flexibility index (Phi) is 7.45. The van der Waals surface area contributed by atoms with Crippen LogP contribution in [0.5, 0.6) is 0 Å². The number of ketones is 2. The molecule has 9 heteroatoms. The molecule has 0 aromatic rings. The topological polar surface area (TPSA) is 113 Å². The highest BCUT2D eigenvalue weighted by Gasteiger charge is 2.78. The standard InChI is InChI=1S/C30H39FO8/c1-7-25(35)37-16-23(34)30(39-26(36)8-2)17(3)13-22-21-10-9-19-14-20(33)11-12-27(19,5)29(21,31)24(38-18(4)32)15-28(22,30)6/h11-12,14,17,21-22,24H,7-10,13,15-16H2,1-6H3/t17-,21-,22-,24-,27-,28-,29-,30-/m0/s1. The first-order chi connectivity index (χ1) is 18.2. The average molecular weight is 547 g/mol. The van der Waals surface area contributed by atoms with Gasteiger partial charge in [0.25, 0.3) is 0 Å². The lowest BCUT2D eigenvalue weighted by Gasteiger charge is -2.63. The number of halogens is 1. The largest absolute Gasteiger partial charge is 0.459 e. The summed E-state index contributed by atoms with van der Waals surface area (Å²) in [5.41, 5.74) is -5.41. The lowest BCUT2D eigenvalue weighted by atomic mass is 9.44. The molecule has 0 radical (unpaired) electrons. The molecule has 0 amide bonds. The molecule has 39 heavy (non-hydrogen) atoms. The molecule has 4 rings (SSSR count). The first-order valence-corrected chi connectivity index (χ1v) is 13.9. The van der Waals surface area contributed by atoms with Crippen molar-refractivity contribution >= 4 is 29.5 Å². The van der Waals surface area contributed by atoms with E-state index in [1.54, 1.807) is 26.8 Å². The van der Waals surface area contributed by atoms with E-state index in [0.29, 0.717) is 24.8 Å². The Morgan fingerprint density at radius 1 is 1.08 bits per heavy atom. The Morgan fingerprint density at radius 2 is 1.74 bits per heavy atom. The first-order valence-electron chi connectivity index (χ1n) is 13.9. The van der Waals surface area contributed by atoms with E-state index in [2.05, 4.69) is 0 Å². The molecule has 0 aromatic carbocycles. The van der Waals surface area contributed by atoms with Crippen LogP contribution < -0.4 is 0 Å². The van der Waals surface area contributed by atoms with E-state index < -0.39 is 76.3 Å². The summed E-state index contributed by atoms with van der Waals surface area (Å²) in [5, 5.41) is 0. The number of allylic oxidation sites excluding steroid dienone is 4. The molecule has 0 saturated heterocycles. The molecule has 3 saturated carbocycles. The summed E-state index contributed by atoms with van der Waals surface area (Å²) in [6.45, 7) is 9.24. The van der Waals surface area contributed by atoms with Crippen LogP contribution in [0, 0.1) is 28.6 Å². The maximum atomic E-state index is 18.0. The number of carbonyl (C=O) groups is 5. The molecule has 0 N–H and O–H groups in total. The van der Waals surface area contributed by atoms with E-state index in [4.69, 9.17) is 14.2 Å². The molecule has 0 bridgehead atoms. The fourth-order valence-corrected chi connectivity index (χ4v) is 8.30. The van der Waals surface area contributed by atoms with Gasteiger partial charge in [0.15, 0.2) is 23.7 Å². The molecule has 8 nitrogen and oxygen atoms in total. The number of carbonyl (C=O) groups excluding carboxylic acids is 5. The van der Waals surface area contributed by atoms with Gasteiger partial charge in [-0.15, -0.1) is 0 Å². The van der Waals surface area contributed by atoms with Crippen LogP contribution in [0.3, 0.4) is 0 Å². The lowest BCUT2D eigenvalue weighted by Crippen LogP contribution is -2.70. The van der Waals surface area contributed by atoms with Crippen LogP contribution in [0.15, 0.2) is 23.8 Å². The average Bonchev–Trinajstić information content (AvgIpc) is 3.09. The van der Waals surface area contributed by atoms with Crippen molar-refractivity contribution in [2.45, 2.75) is 97.4 Å². The molecule has 8 atom stereocenters. The van der Waals surface area contributed by atoms with E-state index in [0.717, 1.165) is 0 Å². The second-order valence-electron chi connectivity index (χ2n) is 12.0. The van der Waals surface area contributed by atoms with Gasteiger partial charge in [0.05, 0.1) is 0 Å². The smallest absolute Gasteiger partial charge is 0.306 e. The fourth-order valence-electron chi connectivity index (χ4n) is 8.30. The molecule has 4 aliphatic rings. The zero-order chi connectivity index (χ0) is 29.0. The predicted octanol–water partition coefficient (Wildman–Crippen LogP) is 4.39. The quantitative estimate of drug-likeness (QED) is 0.341. The number of esters is 3. The van der Waals surface area contributed by atoms with Gasteiger partial charge in [-0.3, -0.25) is 24.0 Å². The van der Waals surface area contributed by atoms with E-state index in [-0.39, 0.29) is 25.0 Å². The van der Waals surface area contributed by atoms with Crippen molar-refractivity contribution in [2.24, 2.45) is 28.6 Å². The van der Waals surface area contributed by atoms with Crippen LogP contribution >= 0.6 is 0 Å². The van der Waals surface area contributed by atoms with Gasteiger partial charge < -0.3 is 14.2 Å². The van der Waals surface area contributed by atoms with Crippen molar-refractivity contribution in [2.75, 3.05) is 6.61 Å². The van der Waals surface area contributed by atoms with Gasteiger partial charge in [0.1, 0.15) is 6.10 Å². The monoisotopic (exact) mass is 546 g/mol. The summed E-state index contributed by atoms with van der Waals surface area (Å²) in [6.07, 6.45) is 4.42. The Hall–Kier alpha value is -2.84. The highest BCUT2D eigenvalue weighted by atomic mass is 19.1. The normalized spacial score (nSPS) is 40.5. The maximum absolute atomic E-state index is 18.0. The molecule has 0 aliphatic heterocycles. The van der Waals surface area contributed by atoms with Crippen molar-refractivity contribution in [1.82, 2.24) is 0 Å². The van der Waals surface area contributed by atoms with Crippen LogP contribution in [0.4, 0.5) is 4.39 Å². The highest BCUT2D eigenvalue weighted by Crippen LogP contribution is 2.72. The Labute approximate surface area is 228 Å². The maximum Gasteiger partial charge on any atom is 0.306 e. The van der Waals surface area contributed by atoms with Gasteiger partial charge in [-0.25, -0.2) is 4.39 Å². The summed E-state index contributed by atoms with van der Waals surface area (Å²) >= 11 is 0. The van der Waals surface area contributed by atoms with Crippen molar-refractivity contribution < 1.29 is 42.6 Å². The van der Waals surface area contributed by atoms with Gasteiger partial charge >= 0.3 is 17.9 Å². The SMILES string of the molecule is CCC(=O)OCC(=O)[C@@]1(OC(=O)CC)[C@@H](C)C[C@H]2[C@@H]3CCC4=CC(=O)C=C[C@]4(C)[C@@]3(F)[C@@H](OC(C)=O)C[C@@]21C. The van der Waals surface area contributed by atoms with E-state index in [1.165, 1.54) is 19.1 Å². The summed E-state index contributed by atoms with van der Waals surface area (Å²) in [6, 6.07) is 0. The molecule has 4 aliphatic carbocycles. The van der Waals surface area contributed by atoms with Crippen molar-refractivity contribution in [3.05, 3.63) is 23.8 Å². The minimum atomic E-state index is -2.06. The van der Waals surface area contributed by atoms with Gasteiger partial charge in [0.2, 0.25) is 5.78 Å². The summed E-state index contributed by atoms with van der Waals surface area (Å²) < 4.78 is 35.0. The lowest BCUT2D eigenvalue weighted by molar-refractivity contribution is -0.235. The minimum absolute atomic E-state index is 0.0200. The van der Waals surface area contributed by atoms with E-state index in [1.807, 2.05) is 13.8 Å². The zero-order valence-corrected chi connectivity index (χ0v) is 23.6. The summed E-state index contributed by atoms with van der Waals surface area (Å²) in [7, 11) is 0. The number of Topliss-reactive ketones (excluding diaryl/α,β-unsaturated/α-hetero) is 1. The number of ether oxygens (including phenoxy) is 3. The van der Waals surface area contributed by atoms with Crippen molar-refractivity contribution in [3.8, 4) is 0 Å². The number of alkyl halides is 1. The third-order valence-electron chi connectivity index (χ3n) is 10.1. The minimum Gasteiger partial charge on any atom is -0.459 e. The second kappa shape index (κ2) is 9.97. The number of hydrogen-bond acceptors (Lipinski definition) is 8. The predicted molar refractivity (Wildman–Crippen MR) is 138 cm³/mol. The zero-order valence-electron chi connectivity index (χ0n) is 23.6. The molecule has 0 spiro atoms. The Bertz CT molecular complexity index is 1160. The van der Waals surface area contributed by atoms with Gasteiger partial charge in [-0.2, -0.15) is 0 Å². The third-order valence-corrected chi connectivity index (χ3v) is 10.1. The van der Waals surface area contributed by atoms with Crippen LogP contribution in [0.2, 0.25) is 0 Å². The van der Waals surface area contributed by atoms with Gasteiger partial charge in [-0.05, 0) is 50.7 Å². The first kappa shape index (κ1) is 29.2. The van der Waals surface area contributed by atoms with Crippen molar-refractivity contribution in [1.29, 1.82) is 0 Å². The van der Waals surface area contributed by atoms with E-state index >= 15 is 4.39 Å². The van der Waals surface area contributed by atoms with E-state index in [9.17, 15) is 24.0 Å². The van der Waals surface area contributed by atoms with Crippen LogP contribution in [-0.4, -0.2) is 53.5 Å². The fraction of sp³-hybridized carbons (Fsp3) is 0.700. The number of hydrogen-bond donors (Lipinski definition) is 0. The highest BCUT2D eigenvalue weighted by molar-refractivity contribution is 6.01. The molecular formula is C30H39FO8. The Morgan fingerprint density at radius 3 is 2.36 bits per heavy atom. The summed E-state index contributed by atoms with van der Waals surface area (Å²) in [5.74, 6) is -4.16. The molecule has 0 heterocycles. The number of fused-ring (bicyclic) bond motifs is 5.